The lowest BCUT2D eigenvalue weighted by Crippen LogP contribution is -2.43. The smallest absolute Gasteiger partial charge is 0.307 e. The molecule has 0 amide bonds. The lowest BCUT2D eigenvalue weighted by Gasteiger charge is -2.23. The minimum atomic E-state index is -6.12. The van der Waals surface area contributed by atoms with Crippen LogP contribution in [0.5, 0.6) is 0 Å². The zero-order valence-electron chi connectivity index (χ0n) is 20.9. The Morgan fingerprint density at radius 3 is 1.09 bits per heavy atom. The monoisotopic (exact) mass is 661 g/mol. The minimum absolute atomic E-state index is 0.0637. The maximum atomic E-state index is 14.7. The molecule has 2 aliphatic carbocycles. The molecule has 45 heavy (non-hydrogen) atoms. The lowest BCUT2D eigenvalue weighted by atomic mass is 9.96. The van der Waals surface area contributed by atoms with Crippen molar-refractivity contribution in [1.82, 2.24) is 4.40 Å². The first-order valence-corrected chi connectivity index (χ1v) is 12.1. The number of rotatable bonds is 0. The average molecular weight is 661 g/mol. The quantitative estimate of drug-likeness (QED) is 0.0954. The normalized spacial score (nSPS) is 22.0. The van der Waals surface area contributed by atoms with Gasteiger partial charge in [-0.25, -0.2) is 0 Å². The molecule has 0 unspecified atom stereocenters. The molecule has 0 saturated carbocycles. The van der Waals surface area contributed by atoms with Crippen LogP contribution in [0.2, 0.25) is 0 Å². The molecule has 3 aromatic carbocycles. The number of hydrogen-bond acceptors (Lipinski definition) is 2. The molecule has 0 aliphatic heterocycles. The second-order valence-corrected chi connectivity index (χ2v) is 10.7. The van der Waals surface area contributed by atoms with Gasteiger partial charge in [0.05, 0.1) is 22.1 Å². The van der Waals surface area contributed by atoms with Gasteiger partial charge in [-0.05, 0) is 36.4 Å². The van der Waals surface area contributed by atoms with Gasteiger partial charge in [0.1, 0.15) is 0 Å². The standard InChI is InChI=1S/C27H6F15NO2/c28-21(29)12-3-8-16(5-14(12)23(32,33)26(21,39)40)43-17-6-15-13(22(30,31)27(41,42)24(15,34)35)4-9(17)20(45)11-2-7(25(36,37)38)1-10(18(11)43)19(8)44/h1-6H. The zero-order chi connectivity index (χ0) is 33.4. The van der Waals surface area contributed by atoms with Gasteiger partial charge in [-0.2, -0.15) is 65.9 Å². The average Bonchev–Trinajstić information content (AvgIpc) is 3.10. The van der Waals surface area contributed by atoms with Gasteiger partial charge in [0, 0.05) is 43.8 Å². The molecule has 2 aromatic heterocycles. The Bertz CT molecular complexity index is 2170. The van der Waals surface area contributed by atoms with Crippen molar-refractivity contribution >= 4 is 38.1 Å². The number of aromatic nitrogens is 1. The highest BCUT2D eigenvalue weighted by molar-refractivity contribution is 6.08. The van der Waals surface area contributed by atoms with E-state index in [-0.39, 0.29) is 40.8 Å². The van der Waals surface area contributed by atoms with Crippen LogP contribution in [0.4, 0.5) is 65.9 Å². The lowest BCUT2D eigenvalue weighted by molar-refractivity contribution is -0.302. The van der Waals surface area contributed by atoms with Gasteiger partial charge in [-0.3, -0.25) is 9.59 Å². The fourth-order valence-corrected chi connectivity index (χ4v) is 6.07. The zero-order valence-corrected chi connectivity index (χ0v) is 20.9. The van der Waals surface area contributed by atoms with Crippen LogP contribution in [0.15, 0.2) is 46.0 Å². The molecule has 0 saturated heterocycles. The molecule has 5 aromatic rings. The summed E-state index contributed by atoms with van der Waals surface area (Å²) in [4.78, 5) is 26.8. The molecule has 2 aliphatic rings. The van der Waals surface area contributed by atoms with Gasteiger partial charge in [-0.15, -0.1) is 0 Å². The van der Waals surface area contributed by atoms with Gasteiger partial charge >= 0.3 is 41.7 Å². The Hall–Kier alpha value is -4.25. The van der Waals surface area contributed by atoms with E-state index in [9.17, 15) is 75.4 Å². The molecule has 0 N–H and O–H groups in total. The summed E-state index contributed by atoms with van der Waals surface area (Å²) < 4.78 is 216. The molecule has 0 bridgehead atoms. The fourth-order valence-electron chi connectivity index (χ4n) is 6.07. The second-order valence-electron chi connectivity index (χ2n) is 10.7. The summed E-state index contributed by atoms with van der Waals surface area (Å²) in [6.45, 7) is 0. The van der Waals surface area contributed by atoms with Gasteiger partial charge in [-0.1, -0.05) is 0 Å². The van der Waals surface area contributed by atoms with Gasteiger partial charge in [0.15, 0.2) is 10.9 Å². The van der Waals surface area contributed by atoms with Crippen LogP contribution in [0.3, 0.4) is 0 Å². The highest BCUT2D eigenvalue weighted by atomic mass is 19.4. The second kappa shape index (κ2) is 7.58. The number of benzene rings is 3. The largest absolute Gasteiger partial charge is 0.416 e. The van der Waals surface area contributed by atoms with Crippen molar-refractivity contribution in [3.63, 3.8) is 0 Å². The molecule has 7 rings (SSSR count). The van der Waals surface area contributed by atoms with E-state index in [1.165, 1.54) is 0 Å². The van der Waals surface area contributed by atoms with Crippen LogP contribution < -0.4 is 10.9 Å². The molecule has 3 nitrogen and oxygen atoms in total. The maximum Gasteiger partial charge on any atom is 0.416 e. The van der Waals surface area contributed by atoms with E-state index in [0.717, 1.165) is 0 Å². The van der Waals surface area contributed by atoms with Crippen LogP contribution in [-0.4, -0.2) is 16.2 Å². The summed E-state index contributed by atoms with van der Waals surface area (Å²) in [7, 11) is 0. The number of fused-ring (bicyclic) bond motifs is 6. The predicted molar refractivity (Wildman–Crippen MR) is 124 cm³/mol. The number of alkyl halides is 15. The van der Waals surface area contributed by atoms with Crippen LogP contribution in [0.1, 0.15) is 27.8 Å². The minimum Gasteiger partial charge on any atom is -0.307 e. The third kappa shape index (κ3) is 2.99. The van der Waals surface area contributed by atoms with Gasteiger partial charge < -0.3 is 4.40 Å². The number of nitrogens with zero attached hydrogens (tertiary/aromatic N) is 1. The molecule has 18 heteroatoms. The van der Waals surface area contributed by atoms with Crippen molar-refractivity contribution in [3.8, 4) is 0 Å². The first kappa shape index (κ1) is 29.5. The third-order valence-corrected chi connectivity index (χ3v) is 8.32. The van der Waals surface area contributed by atoms with Crippen molar-refractivity contribution in [2.24, 2.45) is 0 Å². The first-order valence-electron chi connectivity index (χ1n) is 12.1. The number of pyridine rings is 2. The van der Waals surface area contributed by atoms with E-state index < -0.39 is 118 Å². The van der Waals surface area contributed by atoms with Crippen molar-refractivity contribution in [3.05, 3.63) is 84.7 Å². The topological polar surface area (TPSA) is 38.5 Å². The molecule has 236 valence electrons. The molecule has 0 atom stereocenters. The van der Waals surface area contributed by atoms with Gasteiger partial charge in [0.2, 0.25) is 0 Å². The van der Waals surface area contributed by atoms with E-state index in [0.29, 0.717) is 0 Å². The Morgan fingerprint density at radius 1 is 0.467 bits per heavy atom. The van der Waals surface area contributed by atoms with Crippen molar-refractivity contribution in [2.75, 3.05) is 0 Å². The summed E-state index contributed by atoms with van der Waals surface area (Å²) in [5.41, 5.74) is -16.9. The van der Waals surface area contributed by atoms with E-state index in [1.54, 1.807) is 0 Å². The molecular formula is C27H6F15NO2. The highest BCUT2D eigenvalue weighted by Crippen LogP contribution is 2.65. The molecule has 0 radical (unpaired) electrons. The number of hydrogen-bond donors (Lipinski definition) is 0. The highest BCUT2D eigenvalue weighted by Gasteiger charge is 2.80. The van der Waals surface area contributed by atoms with E-state index >= 15 is 0 Å². The molecular weight excluding hydrogens is 655 g/mol. The summed E-state index contributed by atoms with van der Waals surface area (Å²) in [6, 6.07) is -0.454. The van der Waals surface area contributed by atoms with Crippen LogP contribution >= 0.6 is 0 Å². The van der Waals surface area contributed by atoms with Crippen molar-refractivity contribution < 1.29 is 65.9 Å². The Morgan fingerprint density at radius 2 is 0.778 bits per heavy atom. The Kier molecular flexibility index (Phi) is 4.96. The molecule has 0 spiro atoms. The van der Waals surface area contributed by atoms with E-state index in [4.69, 9.17) is 0 Å². The third-order valence-electron chi connectivity index (χ3n) is 8.32. The van der Waals surface area contributed by atoms with Gasteiger partial charge in [0.25, 0.3) is 0 Å². The molecule has 0 fully saturated rings. The van der Waals surface area contributed by atoms with Crippen molar-refractivity contribution in [2.45, 2.75) is 41.7 Å². The Labute approximate surface area is 235 Å². The van der Waals surface area contributed by atoms with E-state index in [1.807, 2.05) is 0 Å². The number of halogens is 15. The SMILES string of the molecule is O=c1c2cc3c(cc2n2c4cc5c(cc4c(=O)c4cc(C(F)(F)F)cc1c42)C(F)(F)C(F)(F)C5(F)F)C(F)(F)C(F)(F)C3(F)F. The van der Waals surface area contributed by atoms with E-state index in [2.05, 4.69) is 0 Å². The van der Waals surface area contributed by atoms with Crippen LogP contribution in [0, 0.1) is 0 Å². The maximum absolute atomic E-state index is 14.7. The predicted octanol–water partition coefficient (Wildman–Crippen LogP) is 8.24. The first-order chi connectivity index (χ1) is 20.3. The Balaban J connectivity index is 1.80. The van der Waals surface area contributed by atoms with Crippen LogP contribution in [-0.2, 0) is 29.9 Å². The fraction of sp³-hybridized carbons (Fsp3) is 0.259. The van der Waals surface area contributed by atoms with Crippen molar-refractivity contribution in [1.29, 1.82) is 0 Å². The molecule has 2 heterocycles. The summed E-state index contributed by atoms with van der Waals surface area (Å²) in [6.07, 6.45) is -5.36. The summed E-state index contributed by atoms with van der Waals surface area (Å²) >= 11 is 0. The van der Waals surface area contributed by atoms with Crippen LogP contribution in [0.25, 0.3) is 38.1 Å². The summed E-state index contributed by atoms with van der Waals surface area (Å²) in [5, 5.41) is -4.89. The summed E-state index contributed by atoms with van der Waals surface area (Å²) in [5.74, 6) is -34.9.